The van der Waals surface area contributed by atoms with Crippen LogP contribution in [0.3, 0.4) is 0 Å². The number of rotatable bonds is 5. The van der Waals surface area contributed by atoms with Crippen molar-refractivity contribution in [3.05, 3.63) is 35.4 Å². The van der Waals surface area contributed by atoms with E-state index in [1.807, 2.05) is 0 Å². The lowest BCUT2D eigenvalue weighted by Crippen LogP contribution is -2.08. The Bertz CT molecular complexity index is 312. The first-order valence-electron chi connectivity index (χ1n) is 5.17. The van der Waals surface area contributed by atoms with Gasteiger partial charge >= 0.3 is 0 Å². The minimum Gasteiger partial charge on any atom is -0.204 e. The van der Waals surface area contributed by atoms with Crippen LogP contribution in [-0.2, 0) is 6.42 Å². The highest BCUT2D eigenvalue weighted by molar-refractivity contribution is 6.18. The van der Waals surface area contributed by atoms with E-state index in [1.165, 1.54) is 6.07 Å². The number of alkyl halides is 1. The van der Waals surface area contributed by atoms with Crippen molar-refractivity contribution < 1.29 is 8.78 Å². The van der Waals surface area contributed by atoms with E-state index < -0.39 is 11.6 Å². The Morgan fingerprint density at radius 1 is 1.33 bits per heavy atom. The lowest BCUT2D eigenvalue weighted by atomic mass is 9.96. The average Bonchev–Trinajstić information content (AvgIpc) is 2.24. The van der Waals surface area contributed by atoms with E-state index in [4.69, 9.17) is 11.6 Å². The van der Waals surface area contributed by atoms with Gasteiger partial charge in [-0.25, -0.2) is 8.78 Å². The molecule has 0 fully saturated rings. The highest BCUT2D eigenvalue weighted by Gasteiger charge is 2.13. The minimum absolute atomic E-state index is 0.230. The Labute approximate surface area is 94.3 Å². The molecular formula is C12H15ClF2. The summed E-state index contributed by atoms with van der Waals surface area (Å²) < 4.78 is 26.2. The fraction of sp³-hybridized carbons (Fsp3) is 0.500. The zero-order chi connectivity index (χ0) is 11.3. The van der Waals surface area contributed by atoms with Gasteiger partial charge in [0.25, 0.3) is 0 Å². The molecule has 0 N–H and O–H groups in total. The molecule has 0 saturated heterocycles. The topological polar surface area (TPSA) is 0 Å². The predicted octanol–water partition coefficient (Wildman–Crippen LogP) is 4.16. The SMILES string of the molecule is CCCC(CCl)Cc1cccc(F)c1F. The Morgan fingerprint density at radius 2 is 2.07 bits per heavy atom. The van der Waals surface area contributed by atoms with E-state index in [1.54, 1.807) is 6.07 Å². The predicted molar refractivity (Wildman–Crippen MR) is 59.2 cm³/mol. The van der Waals surface area contributed by atoms with Crippen molar-refractivity contribution in [1.29, 1.82) is 0 Å². The second-order valence-electron chi connectivity index (χ2n) is 3.73. The standard InChI is InChI=1S/C12H15ClF2/c1-2-4-9(8-13)7-10-5-3-6-11(14)12(10)15/h3,5-6,9H,2,4,7-8H2,1H3. The molecule has 0 heterocycles. The maximum Gasteiger partial charge on any atom is 0.162 e. The van der Waals surface area contributed by atoms with Crippen LogP contribution in [0.25, 0.3) is 0 Å². The number of benzene rings is 1. The molecular weight excluding hydrogens is 218 g/mol. The van der Waals surface area contributed by atoms with Gasteiger partial charge in [-0.3, -0.25) is 0 Å². The molecule has 1 aromatic rings. The first-order valence-corrected chi connectivity index (χ1v) is 5.71. The number of hydrogen-bond acceptors (Lipinski definition) is 0. The second kappa shape index (κ2) is 6.06. The Kier molecular flexibility index (Phi) is 5.03. The molecule has 15 heavy (non-hydrogen) atoms. The van der Waals surface area contributed by atoms with Gasteiger partial charge in [0.1, 0.15) is 0 Å². The molecule has 0 aliphatic carbocycles. The van der Waals surface area contributed by atoms with Gasteiger partial charge in [-0.15, -0.1) is 11.6 Å². The van der Waals surface area contributed by atoms with Crippen molar-refractivity contribution in [1.82, 2.24) is 0 Å². The van der Waals surface area contributed by atoms with Crippen LogP contribution in [0.5, 0.6) is 0 Å². The van der Waals surface area contributed by atoms with E-state index >= 15 is 0 Å². The first kappa shape index (κ1) is 12.4. The summed E-state index contributed by atoms with van der Waals surface area (Å²) in [7, 11) is 0. The number of hydrogen-bond donors (Lipinski definition) is 0. The van der Waals surface area contributed by atoms with Crippen LogP contribution in [-0.4, -0.2) is 5.88 Å². The first-order chi connectivity index (χ1) is 7.19. The fourth-order valence-corrected chi connectivity index (χ4v) is 1.92. The van der Waals surface area contributed by atoms with Crippen molar-refractivity contribution in [2.24, 2.45) is 5.92 Å². The zero-order valence-electron chi connectivity index (χ0n) is 8.77. The van der Waals surface area contributed by atoms with Crippen LogP contribution in [0.2, 0.25) is 0 Å². The normalized spacial score (nSPS) is 12.8. The van der Waals surface area contributed by atoms with Gasteiger partial charge in [-0.2, -0.15) is 0 Å². The van der Waals surface area contributed by atoms with Crippen molar-refractivity contribution in [3.8, 4) is 0 Å². The fourth-order valence-electron chi connectivity index (χ4n) is 1.66. The molecule has 0 aromatic heterocycles. The smallest absolute Gasteiger partial charge is 0.162 e. The molecule has 1 atom stereocenters. The molecule has 3 heteroatoms. The molecule has 1 unspecified atom stereocenters. The number of halogens is 3. The molecule has 0 amide bonds. The molecule has 1 rings (SSSR count). The van der Waals surface area contributed by atoms with E-state index in [0.29, 0.717) is 17.9 Å². The van der Waals surface area contributed by atoms with Crippen molar-refractivity contribution >= 4 is 11.6 Å². The molecule has 1 aromatic carbocycles. The molecule has 0 radical (unpaired) electrons. The van der Waals surface area contributed by atoms with Gasteiger partial charge in [0, 0.05) is 5.88 Å². The lowest BCUT2D eigenvalue weighted by molar-refractivity contribution is 0.473. The highest BCUT2D eigenvalue weighted by Crippen LogP contribution is 2.19. The lowest BCUT2D eigenvalue weighted by Gasteiger charge is -2.13. The maximum absolute atomic E-state index is 13.3. The van der Waals surface area contributed by atoms with E-state index in [-0.39, 0.29) is 5.92 Å². The van der Waals surface area contributed by atoms with Crippen molar-refractivity contribution in [2.75, 3.05) is 5.88 Å². The zero-order valence-corrected chi connectivity index (χ0v) is 9.53. The third kappa shape index (κ3) is 3.45. The van der Waals surface area contributed by atoms with E-state index in [0.717, 1.165) is 18.9 Å². The summed E-state index contributed by atoms with van der Waals surface area (Å²) in [5, 5.41) is 0. The molecule has 0 bridgehead atoms. The highest BCUT2D eigenvalue weighted by atomic mass is 35.5. The van der Waals surface area contributed by atoms with Crippen molar-refractivity contribution in [2.45, 2.75) is 26.2 Å². The van der Waals surface area contributed by atoms with E-state index in [2.05, 4.69) is 6.92 Å². The summed E-state index contributed by atoms with van der Waals surface area (Å²) in [5.41, 5.74) is 0.425. The third-order valence-electron chi connectivity index (χ3n) is 2.46. The second-order valence-corrected chi connectivity index (χ2v) is 4.03. The van der Waals surface area contributed by atoms with Crippen molar-refractivity contribution in [3.63, 3.8) is 0 Å². The summed E-state index contributed by atoms with van der Waals surface area (Å²) in [6.45, 7) is 2.06. The van der Waals surface area contributed by atoms with Gasteiger partial charge in [0.15, 0.2) is 11.6 Å². The monoisotopic (exact) mass is 232 g/mol. The van der Waals surface area contributed by atoms with Crippen LogP contribution in [0, 0.1) is 17.6 Å². The van der Waals surface area contributed by atoms with Gasteiger partial charge in [0.05, 0.1) is 0 Å². The molecule has 0 nitrogen and oxygen atoms in total. The van der Waals surface area contributed by atoms with Gasteiger partial charge in [0.2, 0.25) is 0 Å². The molecule has 84 valence electrons. The Balaban J connectivity index is 2.74. The van der Waals surface area contributed by atoms with Crippen LogP contribution in [0.1, 0.15) is 25.3 Å². The quantitative estimate of drug-likeness (QED) is 0.669. The third-order valence-corrected chi connectivity index (χ3v) is 2.89. The van der Waals surface area contributed by atoms with E-state index in [9.17, 15) is 8.78 Å². The summed E-state index contributed by atoms with van der Waals surface area (Å²) in [6, 6.07) is 4.28. The van der Waals surface area contributed by atoms with Crippen LogP contribution < -0.4 is 0 Å². The summed E-state index contributed by atoms with van der Waals surface area (Å²) in [6.07, 6.45) is 2.47. The molecule has 0 spiro atoms. The molecule has 0 aliphatic rings. The summed E-state index contributed by atoms with van der Waals surface area (Å²) >= 11 is 5.77. The Hall–Kier alpha value is -0.630. The van der Waals surface area contributed by atoms with Gasteiger partial charge < -0.3 is 0 Å². The van der Waals surface area contributed by atoms with Gasteiger partial charge in [-0.05, 0) is 30.4 Å². The Morgan fingerprint density at radius 3 is 2.67 bits per heavy atom. The average molecular weight is 233 g/mol. The largest absolute Gasteiger partial charge is 0.204 e. The molecule has 0 saturated carbocycles. The summed E-state index contributed by atoms with van der Waals surface area (Å²) in [4.78, 5) is 0. The van der Waals surface area contributed by atoms with Crippen LogP contribution >= 0.6 is 11.6 Å². The van der Waals surface area contributed by atoms with Crippen LogP contribution in [0.4, 0.5) is 8.78 Å². The molecule has 0 aliphatic heterocycles. The minimum atomic E-state index is -0.780. The van der Waals surface area contributed by atoms with Gasteiger partial charge in [-0.1, -0.05) is 25.5 Å². The maximum atomic E-state index is 13.3. The van der Waals surface area contributed by atoms with Crippen LogP contribution in [0.15, 0.2) is 18.2 Å². The summed E-state index contributed by atoms with van der Waals surface area (Å²) in [5.74, 6) is -0.793.